The Morgan fingerprint density at radius 3 is 2.88 bits per heavy atom. The molecule has 0 spiro atoms. The van der Waals surface area contributed by atoms with Gasteiger partial charge in [0.2, 0.25) is 0 Å². The third-order valence-electron chi connectivity index (χ3n) is 4.51. The number of aromatic nitrogens is 1. The van der Waals surface area contributed by atoms with Gasteiger partial charge in [0.15, 0.2) is 0 Å². The molecule has 1 amide bonds. The number of thiophene rings is 1. The van der Waals surface area contributed by atoms with Crippen LogP contribution in [0.3, 0.4) is 0 Å². The maximum Gasteiger partial charge on any atom is 0.255 e. The Balaban J connectivity index is 1.58. The van der Waals surface area contributed by atoms with Gasteiger partial charge < -0.3 is 4.90 Å². The maximum absolute atomic E-state index is 13.0. The minimum atomic E-state index is 0.0744. The van der Waals surface area contributed by atoms with Crippen molar-refractivity contribution in [1.82, 2.24) is 9.88 Å². The maximum atomic E-state index is 13.0. The molecule has 2 aliphatic rings. The molecule has 2 aromatic heterocycles. The number of nitrogens with zero attached hydrogens (tertiary/aromatic N) is 4. The molecule has 5 nitrogen and oxygen atoms in total. The van der Waals surface area contributed by atoms with Gasteiger partial charge in [-0.1, -0.05) is 6.07 Å². The monoisotopic (exact) mass is 338 g/mol. The summed E-state index contributed by atoms with van der Waals surface area (Å²) in [7, 11) is 0. The zero-order valence-corrected chi connectivity index (χ0v) is 14.0. The molecule has 0 N–H and O–H groups in total. The van der Waals surface area contributed by atoms with Crippen LogP contribution in [0.1, 0.15) is 52.2 Å². The van der Waals surface area contributed by atoms with Crippen molar-refractivity contribution in [3.8, 4) is 0 Å². The molecular formula is C18H18N4OS. The van der Waals surface area contributed by atoms with Crippen LogP contribution >= 0.6 is 11.3 Å². The van der Waals surface area contributed by atoms with Gasteiger partial charge in [-0.2, -0.15) is 10.2 Å². The second-order valence-electron chi connectivity index (χ2n) is 6.06. The van der Waals surface area contributed by atoms with E-state index in [4.69, 9.17) is 0 Å². The molecule has 0 aromatic carbocycles. The molecule has 2 aliphatic heterocycles. The van der Waals surface area contributed by atoms with E-state index in [0.29, 0.717) is 0 Å². The molecule has 1 atom stereocenters. The van der Waals surface area contributed by atoms with Gasteiger partial charge in [0, 0.05) is 35.4 Å². The summed E-state index contributed by atoms with van der Waals surface area (Å²) in [4.78, 5) is 20.6. The van der Waals surface area contributed by atoms with Crippen LogP contribution < -0.4 is 0 Å². The van der Waals surface area contributed by atoms with Crippen LogP contribution in [0.5, 0.6) is 0 Å². The van der Waals surface area contributed by atoms with Gasteiger partial charge in [0.25, 0.3) is 5.91 Å². The largest absolute Gasteiger partial charge is 0.330 e. The van der Waals surface area contributed by atoms with Crippen molar-refractivity contribution in [3.05, 3.63) is 52.0 Å². The SMILES string of the molecule is O=C(c1csc(C2C=NN=C2)c1)N1CCCCC1c1ccccn1. The summed E-state index contributed by atoms with van der Waals surface area (Å²) in [5.74, 6) is 0.198. The summed E-state index contributed by atoms with van der Waals surface area (Å²) >= 11 is 1.59. The lowest BCUT2D eigenvalue weighted by Crippen LogP contribution is -2.38. The highest BCUT2D eigenvalue weighted by Crippen LogP contribution is 2.32. The lowest BCUT2D eigenvalue weighted by molar-refractivity contribution is 0.0606. The predicted octanol–water partition coefficient (Wildman–Crippen LogP) is 3.66. The first-order chi connectivity index (χ1) is 11.8. The summed E-state index contributed by atoms with van der Waals surface area (Å²) in [6.45, 7) is 0.789. The normalized spacial score (nSPS) is 20.7. The van der Waals surface area contributed by atoms with E-state index < -0.39 is 0 Å². The summed E-state index contributed by atoms with van der Waals surface area (Å²) in [6.07, 6.45) is 8.56. The zero-order chi connectivity index (χ0) is 16.4. The average molecular weight is 338 g/mol. The minimum Gasteiger partial charge on any atom is -0.330 e. The van der Waals surface area contributed by atoms with Crippen LogP contribution in [-0.4, -0.2) is 34.8 Å². The Morgan fingerprint density at radius 2 is 2.08 bits per heavy atom. The first kappa shape index (κ1) is 15.2. The average Bonchev–Trinajstić information content (AvgIpc) is 3.33. The number of rotatable bonds is 3. The molecule has 2 aromatic rings. The van der Waals surface area contributed by atoms with E-state index in [2.05, 4.69) is 15.2 Å². The molecule has 0 bridgehead atoms. The molecule has 1 fully saturated rings. The fourth-order valence-electron chi connectivity index (χ4n) is 3.27. The molecule has 1 unspecified atom stereocenters. The quantitative estimate of drug-likeness (QED) is 0.857. The highest BCUT2D eigenvalue weighted by atomic mass is 32.1. The van der Waals surface area contributed by atoms with E-state index in [-0.39, 0.29) is 17.9 Å². The smallest absolute Gasteiger partial charge is 0.255 e. The fraction of sp³-hybridized carbons (Fsp3) is 0.333. The lowest BCUT2D eigenvalue weighted by atomic mass is 9.98. The van der Waals surface area contributed by atoms with E-state index in [1.54, 1.807) is 30.0 Å². The number of piperidine rings is 1. The summed E-state index contributed by atoms with van der Waals surface area (Å²) in [5, 5.41) is 9.71. The van der Waals surface area contributed by atoms with Crippen molar-refractivity contribution in [1.29, 1.82) is 0 Å². The molecule has 4 heterocycles. The number of amides is 1. The molecule has 1 saturated heterocycles. The Bertz CT molecular complexity index is 771. The van der Waals surface area contributed by atoms with Crippen molar-refractivity contribution >= 4 is 29.7 Å². The Hall–Kier alpha value is -2.34. The Labute approximate surface area is 144 Å². The molecule has 4 rings (SSSR count). The van der Waals surface area contributed by atoms with Crippen LogP contribution in [-0.2, 0) is 0 Å². The molecule has 0 radical (unpaired) electrons. The van der Waals surface area contributed by atoms with E-state index in [1.807, 2.05) is 34.5 Å². The van der Waals surface area contributed by atoms with Gasteiger partial charge in [-0.25, -0.2) is 0 Å². The zero-order valence-electron chi connectivity index (χ0n) is 13.2. The van der Waals surface area contributed by atoms with Crippen molar-refractivity contribution < 1.29 is 4.79 Å². The van der Waals surface area contributed by atoms with Crippen molar-refractivity contribution in [3.63, 3.8) is 0 Å². The van der Waals surface area contributed by atoms with Crippen LogP contribution in [0.15, 0.2) is 46.0 Å². The van der Waals surface area contributed by atoms with Crippen LogP contribution in [0.25, 0.3) is 0 Å². The summed E-state index contributed by atoms with van der Waals surface area (Å²) < 4.78 is 0. The molecule has 24 heavy (non-hydrogen) atoms. The number of likely N-dealkylation sites (tertiary alicyclic amines) is 1. The highest BCUT2D eigenvalue weighted by Gasteiger charge is 2.30. The van der Waals surface area contributed by atoms with Gasteiger partial charge in [-0.05, 0) is 37.5 Å². The van der Waals surface area contributed by atoms with Gasteiger partial charge in [-0.3, -0.25) is 9.78 Å². The third-order valence-corrected chi connectivity index (χ3v) is 5.54. The number of pyridine rings is 1. The van der Waals surface area contributed by atoms with Gasteiger partial charge >= 0.3 is 0 Å². The molecule has 122 valence electrons. The minimum absolute atomic E-state index is 0.0744. The van der Waals surface area contributed by atoms with E-state index in [9.17, 15) is 4.79 Å². The summed E-state index contributed by atoms with van der Waals surface area (Å²) in [6, 6.07) is 7.96. The van der Waals surface area contributed by atoms with Gasteiger partial charge in [0.05, 0.1) is 23.2 Å². The van der Waals surface area contributed by atoms with E-state index in [1.165, 1.54) is 0 Å². The molecule has 0 saturated carbocycles. The number of hydrogen-bond acceptors (Lipinski definition) is 5. The van der Waals surface area contributed by atoms with Crippen LogP contribution in [0.2, 0.25) is 0 Å². The Morgan fingerprint density at radius 1 is 1.21 bits per heavy atom. The first-order valence-corrected chi connectivity index (χ1v) is 9.08. The summed E-state index contributed by atoms with van der Waals surface area (Å²) in [5.41, 5.74) is 1.74. The topological polar surface area (TPSA) is 57.9 Å². The van der Waals surface area contributed by atoms with Crippen LogP contribution in [0.4, 0.5) is 0 Å². The van der Waals surface area contributed by atoms with Crippen molar-refractivity contribution in [2.24, 2.45) is 10.2 Å². The van der Waals surface area contributed by atoms with Crippen molar-refractivity contribution in [2.45, 2.75) is 31.2 Å². The second kappa shape index (κ2) is 6.65. The van der Waals surface area contributed by atoms with E-state index in [0.717, 1.165) is 41.9 Å². The lowest BCUT2D eigenvalue weighted by Gasteiger charge is -2.35. The predicted molar refractivity (Wildman–Crippen MR) is 95.9 cm³/mol. The molecular weight excluding hydrogens is 320 g/mol. The third kappa shape index (κ3) is 2.89. The van der Waals surface area contributed by atoms with E-state index >= 15 is 0 Å². The standard InChI is InChI=1S/C18H18N4OS/c23-18(13-9-17(24-12-13)14-10-20-21-11-14)22-8-4-2-6-16(22)15-5-1-3-7-19-15/h1,3,5,7,9-12,14,16H,2,4,6,8H2. The Kier molecular flexibility index (Phi) is 4.21. The second-order valence-corrected chi connectivity index (χ2v) is 7.00. The van der Waals surface area contributed by atoms with Gasteiger partial charge in [-0.15, -0.1) is 11.3 Å². The molecule has 6 heteroatoms. The fourth-order valence-corrected chi connectivity index (χ4v) is 4.17. The molecule has 0 aliphatic carbocycles. The number of hydrogen-bond donors (Lipinski definition) is 0. The highest BCUT2D eigenvalue weighted by molar-refractivity contribution is 7.10. The van der Waals surface area contributed by atoms with Crippen LogP contribution in [0, 0.1) is 0 Å². The van der Waals surface area contributed by atoms with Crippen molar-refractivity contribution in [2.75, 3.05) is 6.54 Å². The number of carbonyl (C=O) groups is 1. The first-order valence-electron chi connectivity index (χ1n) is 8.20. The number of carbonyl (C=O) groups excluding carboxylic acids is 1. The van der Waals surface area contributed by atoms with Gasteiger partial charge in [0.1, 0.15) is 0 Å².